The molecule has 0 N–H and O–H groups in total. The lowest BCUT2D eigenvalue weighted by Gasteiger charge is -2.61. The van der Waals surface area contributed by atoms with Crippen molar-refractivity contribution in [3.05, 3.63) is 0 Å². The van der Waals surface area contributed by atoms with Gasteiger partial charge in [-0.25, -0.2) is 0 Å². The van der Waals surface area contributed by atoms with Crippen molar-refractivity contribution in [2.75, 3.05) is 0 Å². The first-order chi connectivity index (χ1) is 6.48. The summed E-state index contributed by atoms with van der Waals surface area (Å²) >= 11 is 0. The summed E-state index contributed by atoms with van der Waals surface area (Å²) in [6.45, 7) is 7.08. The first kappa shape index (κ1) is 9.21. The van der Waals surface area contributed by atoms with Crippen LogP contribution >= 0.6 is 0 Å². The quantitative estimate of drug-likeness (QED) is 0.574. The molecule has 4 bridgehead atoms. The lowest BCUT2D eigenvalue weighted by molar-refractivity contribution is -0.259. The van der Waals surface area contributed by atoms with Crippen LogP contribution in [0.1, 0.15) is 52.9 Å². The summed E-state index contributed by atoms with van der Waals surface area (Å²) in [5.41, 5.74) is 0.574. The van der Waals surface area contributed by atoms with Crippen LogP contribution in [0, 0.1) is 17.3 Å². The smallest absolute Gasteiger partial charge is 0.0739 e. The minimum absolute atomic E-state index is 0.238. The van der Waals surface area contributed by atoms with Crippen LogP contribution in [-0.4, -0.2) is 11.7 Å². The van der Waals surface area contributed by atoms with Crippen molar-refractivity contribution in [2.24, 2.45) is 17.3 Å². The number of hydrogen-bond donors (Lipinski definition) is 0. The second-order valence-corrected chi connectivity index (χ2v) is 6.83. The van der Waals surface area contributed by atoms with E-state index in [1.807, 2.05) is 0 Å². The molecule has 2 atom stereocenters. The van der Waals surface area contributed by atoms with E-state index >= 15 is 0 Å². The van der Waals surface area contributed by atoms with Gasteiger partial charge in [0.05, 0.1) is 11.7 Å². The Morgan fingerprint density at radius 3 is 2.00 bits per heavy atom. The van der Waals surface area contributed by atoms with E-state index in [0.29, 0.717) is 11.5 Å². The van der Waals surface area contributed by atoms with Gasteiger partial charge in [0.15, 0.2) is 0 Å². The zero-order valence-electron chi connectivity index (χ0n) is 9.68. The number of hydrogen-bond acceptors (Lipinski definition) is 1. The van der Waals surface area contributed by atoms with Crippen molar-refractivity contribution < 1.29 is 4.74 Å². The summed E-state index contributed by atoms with van der Waals surface area (Å²) in [4.78, 5) is 0. The van der Waals surface area contributed by atoms with Gasteiger partial charge in [-0.2, -0.15) is 0 Å². The van der Waals surface area contributed by atoms with E-state index < -0.39 is 0 Å². The molecule has 1 nitrogen and oxygen atoms in total. The van der Waals surface area contributed by atoms with E-state index in [1.54, 1.807) is 0 Å². The summed E-state index contributed by atoms with van der Waals surface area (Å²) < 4.78 is 6.38. The second kappa shape index (κ2) is 2.55. The minimum Gasteiger partial charge on any atom is -0.371 e. The molecule has 4 aliphatic rings. The van der Waals surface area contributed by atoms with Crippen LogP contribution in [-0.2, 0) is 4.74 Å². The zero-order valence-corrected chi connectivity index (χ0v) is 9.68. The maximum absolute atomic E-state index is 6.38. The van der Waals surface area contributed by atoms with Gasteiger partial charge in [-0.15, -0.1) is 0 Å². The van der Waals surface area contributed by atoms with E-state index in [4.69, 9.17) is 4.74 Å². The van der Waals surface area contributed by atoms with Gasteiger partial charge < -0.3 is 4.74 Å². The maximum Gasteiger partial charge on any atom is 0.0739 e. The fourth-order valence-electron chi connectivity index (χ4n) is 4.15. The van der Waals surface area contributed by atoms with Crippen LogP contribution in [0.5, 0.6) is 0 Å². The predicted molar refractivity (Wildman–Crippen MR) is 57.1 cm³/mol. The van der Waals surface area contributed by atoms with Crippen LogP contribution < -0.4 is 0 Å². The van der Waals surface area contributed by atoms with Crippen molar-refractivity contribution >= 4 is 0 Å². The highest BCUT2D eigenvalue weighted by Gasteiger charge is 2.56. The average molecular weight is 194 g/mol. The lowest BCUT2D eigenvalue weighted by atomic mass is 9.55. The molecule has 4 fully saturated rings. The number of rotatable bonds is 0. The van der Waals surface area contributed by atoms with Gasteiger partial charge >= 0.3 is 0 Å². The van der Waals surface area contributed by atoms with Crippen LogP contribution in [0.4, 0.5) is 0 Å². The molecule has 1 heteroatoms. The summed E-state index contributed by atoms with van der Waals surface area (Å²) in [6.07, 6.45) is 7.49. The highest BCUT2D eigenvalue weighted by Crippen LogP contribution is 2.58. The van der Waals surface area contributed by atoms with Crippen molar-refractivity contribution in [3.8, 4) is 0 Å². The summed E-state index contributed by atoms with van der Waals surface area (Å²) in [7, 11) is 0. The fraction of sp³-hybridized carbons (Fsp3) is 1.00. The first-order valence-corrected chi connectivity index (χ1v) is 6.16. The molecule has 0 aromatic rings. The molecule has 4 rings (SSSR count). The van der Waals surface area contributed by atoms with Gasteiger partial charge in [0.1, 0.15) is 0 Å². The standard InChI is InChI=1S/C13H22O/c1-12(2,3)13-7-9-4-10(8-13)6-11(5-9)14-13/h9-11H,4-8H2,1-3H3. The Bertz CT molecular complexity index is 213. The average Bonchev–Trinajstić information content (AvgIpc) is 1.98. The monoisotopic (exact) mass is 194 g/mol. The maximum atomic E-state index is 6.38. The fourth-order valence-corrected chi connectivity index (χ4v) is 4.15. The molecule has 2 saturated carbocycles. The second-order valence-electron chi connectivity index (χ2n) is 6.83. The minimum atomic E-state index is 0.238. The lowest BCUT2D eigenvalue weighted by Crippen LogP contribution is -2.60. The van der Waals surface area contributed by atoms with Gasteiger partial charge in [0.25, 0.3) is 0 Å². The van der Waals surface area contributed by atoms with Crippen molar-refractivity contribution in [1.82, 2.24) is 0 Å². The summed E-state index contributed by atoms with van der Waals surface area (Å²) in [5, 5.41) is 0. The van der Waals surface area contributed by atoms with Crippen molar-refractivity contribution in [1.29, 1.82) is 0 Å². The molecule has 2 heterocycles. The van der Waals surface area contributed by atoms with E-state index in [0.717, 1.165) is 11.8 Å². The normalized spacial score (nSPS) is 51.2. The van der Waals surface area contributed by atoms with Gasteiger partial charge in [0.2, 0.25) is 0 Å². The zero-order chi connectivity index (χ0) is 9.97. The Morgan fingerprint density at radius 1 is 1.00 bits per heavy atom. The third kappa shape index (κ3) is 1.11. The summed E-state index contributed by atoms with van der Waals surface area (Å²) in [6, 6.07) is 0. The van der Waals surface area contributed by atoms with Crippen LogP contribution in [0.2, 0.25) is 0 Å². The van der Waals surface area contributed by atoms with E-state index in [2.05, 4.69) is 20.8 Å². The molecule has 2 aliphatic heterocycles. The Labute approximate surface area is 87.2 Å². The van der Waals surface area contributed by atoms with Gasteiger partial charge in [-0.1, -0.05) is 20.8 Å². The molecule has 80 valence electrons. The Hall–Kier alpha value is -0.0400. The summed E-state index contributed by atoms with van der Waals surface area (Å²) in [5.74, 6) is 1.97. The molecule has 0 spiro atoms. The molecule has 0 aromatic carbocycles. The molecule has 14 heavy (non-hydrogen) atoms. The third-order valence-corrected chi connectivity index (χ3v) is 4.86. The van der Waals surface area contributed by atoms with Crippen LogP contribution in [0.25, 0.3) is 0 Å². The van der Waals surface area contributed by atoms with Crippen molar-refractivity contribution in [2.45, 2.75) is 64.6 Å². The van der Waals surface area contributed by atoms with E-state index in [1.165, 1.54) is 32.1 Å². The predicted octanol–water partition coefficient (Wildman–Crippen LogP) is 3.38. The van der Waals surface area contributed by atoms with Crippen LogP contribution in [0.3, 0.4) is 0 Å². The Balaban J connectivity index is 1.95. The van der Waals surface area contributed by atoms with Crippen molar-refractivity contribution in [3.63, 3.8) is 0 Å². The largest absolute Gasteiger partial charge is 0.371 e. The Morgan fingerprint density at radius 2 is 1.57 bits per heavy atom. The molecule has 0 amide bonds. The molecular formula is C13H22O. The topological polar surface area (TPSA) is 9.23 Å². The third-order valence-electron chi connectivity index (χ3n) is 4.86. The SMILES string of the molecule is CC(C)(C)C12CC3CC(CC(C3)O1)C2. The molecular weight excluding hydrogens is 172 g/mol. The highest BCUT2D eigenvalue weighted by molar-refractivity contribution is 5.06. The van der Waals surface area contributed by atoms with Crippen LogP contribution in [0.15, 0.2) is 0 Å². The van der Waals surface area contributed by atoms with E-state index in [9.17, 15) is 0 Å². The van der Waals surface area contributed by atoms with Gasteiger partial charge in [-0.3, -0.25) is 0 Å². The van der Waals surface area contributed by atoms with E-state index in [-0.39, 0.29) is 5.60 Å². The molecule has 0 radical (unpaired) electrons. The molecule has 0 aromatic heterocycles. The van der Waals surface area contributed by atoms with Gasteiger partial charge in [-0.05, 0) is 49.4 Å². The molecule has 2 aliphatic carbocycles. The highest BCUT2D eigenvalue weighted by atomic mass is 16.5. The first-order valence-electron chi connectivity index (χ1n) is 6.16. The number of ether oxygens (including phenoxy) is 1. The Kier molecular flexibility index (Phi) is 1.68. The molecule has 2 saturated heterocycles. The molecule has 2 unspecified atom stereocenters. The van der Waals surface area contributed by atoms with Gasteiger partial charge in [0, 0.05) is 0 Å².